The number of anilines is 3. The van der Waals surface area contributed by atoms with Crippen LogP contribution < -0.4 is 67.5 Å². The highest BCUT2D eigenvalue weighted by Gasteiger charge is 2.42. The number of rotatable bonds is 15. The summed E-state index contributed by atoms with van der Waals surface area (Å²) in [5.74, 6) is -4.73. The molecule has 0 aromatic heterocycles. The first-order valence-electron chi connectivity index (χ1n) is 23.8. The number of amides is 7. The van der Waals surface area contributed by atoms with E-state index >= 15 is 4.39 Å². The first kappa shape index (κ1) is 52.3. The standard InChI is InChI=1S/C48H61FN12O11/c1-27-25-72-46-43-33(19-34(49)44(46)60-15-13-59(2)14-16-60)45(68)36(24-61(27)43)52-20-39(64)53-21-40(65)54-22-41(66)55-23-42(67)56-29-5-8-37-32(18-29)47(69)51-12-10-38(63)58-35(9-11-50)48(70)57-30(26-71-37)17-28-3-6-31(62)7-4-28/h3-8,18-19,27,30,35-36,52,62H,9-17,20-26,50H2,1-2H3,(H,51,69)(H,53,64)(H,54,65)(H,55,66)(H,56,67)(H,57,70)(H,58,63)/t27?,30-,35+,36?/m1/s1. The molecule has 2 unspecified atom stereocenters. The second-order valence-corrected chi connectivity index (χ2v) is 18.0. The van der Waals surface area contributed by atoms with E-state index < -0.39 is 90.7 Å². The zero-order valence-electron chi connectivity index (χ0n) is 40.1. The molecule has 72 heavy (non-hydrogen) atoms. The number of carbonyl (C=O) groups excluding carboxylic acids is 8. The molecule has 24 heteroatoms. The highest BCUT2D eigenvalue weighted by Crippen LogP contribution is 2.48. The van der Waals surface area contributed by atoms with E-state index in [9.17, 15) is 43.5 Å². The fourth-order valence-corrected chi connectivity index (χ4v) is 8.65. The number of aromatic hydroxyl groups is 1. The lowest BCUT2D eigenvalue weighted by atomic mass is 9.92. The molecule has 1 saturated heterocycles. The van der Waals surface area contributed by atoms with Gasteiger partial charge in [-0.15, -0.1) is 0 Å². The van der Waals surface area contributed by atoms with Gasteiger partial charge >= 0.3 is 0 Å². The molecule has 7 amide bonds. The number of nitrogens with zero attached hydrogens (tertiary/aromatic N) is 3. The van der Waals surface area contributed by atoms with Crippen molar-refractivity contribution in [3.05, 3.63) is 71.0 Å². The molecule has 4 heterocycles. The summed E-state index contributed by atoms with van der Waals surface area (Å²) in [4.78, 5) is 110. The predicted molar refractivity (Wildman–Crippen MR) is 260 cm³/mol. The minimum absolute atomic E-state index is 0.00139. The van der Waals surface area contributed by atoms with Gasteiger partial charge in [-0.3, -0.25) is 43.7 Å². The molecule has 386 valence electrons. The normalized spacial score (nSPS) is 20.4. The molecular weight excluding hydrogens is 940 g/mol. The van der Waals surface area contributed by atoms with Crippen LogP contribution in [-0.2, 0) is 35.2 Å². The number of ketones is 1. The number of hydrogen-bond donors (Lipinski definition) is 10. The van der Waals surface area contributed by atoms with E-state index in [1.807, 2.05) is 23.8 Å². The van der Waals surface area contributed by atoms with Crippen molar-refractivity contribution in [1.29, 1.82) is 0 Å². The lowest BCUT2D eigenvalue weighted by molar-refractivity contribution is -0.129. The van der Waals surface area contributed by atoms with E-state index in [0.29, 0.717) is 30.2 Å². The molecule has 4 atom stereocenters. The third kappa shape index (κ3) is 13.4. The second-order valence-electron chi connectivity index (χ2n) is 18.0. The van der Waals surface area contributed by atoms with Gasteiger partial charge in [0.25, 0.3) is 5.91 Å². The molecule has 0 saturated carbocycles. The zero-order valence-corrected chi connectivity index (χ0v) is 40.1. The highest BCUT2D eigenvalue weighted by molar-refractivity contribution is 6.10. The minimum atomic E-state index is -0.931. The summed E-state index contributed by atoms with van der Waals surface area (Å²) in [6, 6.07) is 9.29. The molecule has 11 N–H and O–H groups in total. The van der Waals surface area contributed by atoms with Gasteiger partial charge in [-0.1, -0.05) is 12.1 Å². The molecular formula is C48H61FN12O11. The third-order valence-electron chi connectivity index (χ3n) is 12.6. The van der Waals surface area contributed by atoms with Crippen LogP contribution in [-0.4, -0.2) is 174 Å². The number of nitrogens with two attached hydrogens (primary N) is 1. The Morgan fingerprint density at radius 2 is 1.50 bits per heavy atom. The van der Waals surface area contributed by atoms with Crippen molar-refractivity contribution in [2.45, 2.75) is 50.4 Å². The predicted octanol–water partition coefficient (Wildman–Crippen LogP) is -1.91. The summed E-state index contributed by atoms with van der Waals surface area (Å²) in [5, 5.41) is 30.7. The topological polar surface area (TPSA) is 307 Å². The van der Waals surface area contributed by atoms with E-state index in [4.69, 9.17) is 15.2 Å². The summed E-state index contributed by atoms with van der Waals surface area (Å²) in [6.07, 6.45) is 0.270. The second kappa shape index (κ2) is 24.0. The van der Waals surface area contributed by atoms with Gasteiger partial charge in [0.15, 0.2) is 17.3 Å². The summed E-state index contributed by atoms with van der Waals surface area (Å²) in [6.45, 7) is 3.20. The van der Waals surface area contributed by atoms with Crippen molar-refractivity contribution in [3.63, 3.8) is 0 Å². The number of piperazine rings is 1. The monoisotopic (exact) mass is 1000 g/mol. The minimum Gasteiger partial charge on any atom is -0.508 e. The Labute approximate surface area is 414 Å². The number of likely N-dealkylation sites (N-methyl/N-ethyl adjacent to an activating group) is 1. The van der Waals surface area contributed by atoms with Crippen LogP contribution in [0.5, 0.6) is 17.2 Å². The number of Topliss-reactive ketones (excluding diaryl/α,β-unsaturated/α-hetero) is 1. The van der Waals surface area contributed by atoms with Gasteiger partial charge in [-0.25, -0.2) is 4.39 Å². The first-order valence-corrected chi connectivity index (χ1v) is 23.8. The lowest BCUT2D eigenvalue weighted by Gasteiger charge is -2.45. The molecule has 23 nitrogen and oxygen atoms in total. The molecule has 0 aliphatic carbocycles. The molecule has 0 bridgehead atoms. The van der Waals surface area contributed by atoms with Crippen LogP contribution in [0.1, 0.15) is 46.0 Å². The van der Waals surface area contributed by atoms with Crippen molar-refractivity contribution < 1.29 is 57.3 Å². The van der Waals surface area contributed by atoms with Crippen molar-refractivity contribution in [2.75, 3.05) is 107 Å². The first-order chi connectivity index (χ1) is 34.6. The number of benzene rings is 3. The Morgan fingerprint density at radius 3 is 2.19 bits per heavy atom. The van der Waals surface area contributed by atoms with Crippen LogP contribution in [0.3, 0.4) is 0 Å². The molecule has 0 radical (unpaired) electrons. The van der Waals surface area contributed by atoms with Gasteiger partial charge in [0.2, 0.25) is 35.4 Å². The van der Waals surface area contributed by atoms with E-state index in [-0.39, 0.29) is 93.0 Å². The van der Waals surface area contributed by atoms with Gasteiger partial charge in [0.05, 0.1) is 55.6 Å². The zero-order chi connectivity index (χ0) is 51.5. The quantitative estimate of drug-likeness (QED) is 0.0795. The van der Waals surface area contributed by atoms with Crippen LogP contribution in [0.4, 0.5) is 21.5 Å². The van der Waals surface area contributed by atoms with Crippen molar-refractivity contribution in [1.82, 2.24) is 42.1 Å². The molecule has 3 aromatic carbocycles. The van der Waals surface area contributed by atoms with Gasteiger partial charge < -0.3 is 72.2 Å². The number of fused-ring (bicyclic) bond motifs is 1. The molecule has 0 spiro atoms. The Balaban J connectivity index is 0.866. The van der Waals surface area contributed by atoms with Crippen LogP contribution in [0.25, 0.3) is 0 Å². The highest BCUT2D eigenvalue weighted by atomic mass is 19.1. The fourth-order valence-electron chi connectivity index (χ4n) is 8.65. The van der Waals surface area contributed by atoms with Gasteiger partial charge in [-0.05, 0) is 75.3 Å². The van der Waals surface area contributed by atoms with Crippen LogP contribution in [0, 0.1) is 5.82 Å². The Morgan fingerprint density at radius 1 is 0.819 bits per heavy atom. The molecule has 4 aliphatic rings. The summed E-state index contributed by atoms with van der Waals surface area (Å²) in [7, 11) is 2.00. The lowest BCUT2D eigenvalue weighted by Crippen LogP contribution is -2.57. The van der Waals surface area contributed by atoms with Crippen LogP contribution >= 0.6 is 0 Å². The maximum absolute atomic E-state index is 15.7. The maximum Gasteiger partial charge on any atom is 0.255 e. The van der Waals surface area contributed by atoms with E-state index in [1.54, 1.807) is 12.1 Å². The van der Waals surface area contributed by atoms with Crippen molar-refractivity contribution in [3.8, 4) is 17.2 Å². The number of hydrogen-bond acceptors (Lipinski definition) is 16. The number of carbonyl (C=O) groups is 8. The Kier molecular flexibility index (Phi) is 17.4. The number of halogens is 1. The average Bonchev–Trinajstić information content (AvgIpc) is 3.35. The van der Waals surface area contributed by atoms with E-state index in [1.165, 1.54) is 36.4 Å². The van der Waals surface area contributed by atoms with Gasteiger partial charge in [0, 0.05) is 56.9 Å². The number of phenolic OH excluding ortho intramolecular Hbond substituents is 1. The fraction of sp³-hybridized carbons (Fsp3) is 0.458. The summed E-state index contributed by atoms with van der Waals surface area (Å²) in [5.41, 5.74) is 7.69. The van der Waals surface area contributed by atoms with Gasteiger partial charge in [-0.2, -0.15) is 0 Å². The third-order valence-corrected chi connectivity index (χ3v) is 12.6. The Hall–Kier alpha value is -7.57. The molecule has 7 rings (SSSR count). The van der Waals surface area contributed by atoms with E-state index in [2.05, 4.69) is 47.4 Å². The molecule has 3 aromatic rings. The molecule has 4 aliphatic heterocycles. The summed E-state index contributed by atoms with van der Waals surface area (Å²) >= 11 is 0. The SMILES string of the molecule is CC1COc2c(N3CCN(C)CC3)c(F)cc3c2N1CC(NCC(=O)NCC(=O)NCC(=O)NCC(=O)Nc1ccc2c(c1)C(=O)NCCC(=O)N[C@@H](CCN)C(=O)N[C@H](Cc1ccc(O)cc1)CO2)C3=O. The average molecular weight is 1000 g/mol. The number of nitrogens with one attached hydrogen (secondary N) is 8. The van der Waals surface area contributed by atoms with Crippen molar-refractivity contribution in [2.24, 2.45) is 5.73 Å². The van der Waals surface area contributed by atoms with Crippen LogP contribution in [0.15, 0.2) is 48.5 Å². The van der Waals surface area contributed by atoms with Crippen molar-refractivity contribution >= 4 is 64.2 Å². The Bertz CT molecular complexity index is 2540. The van der Waals surface area contributed by atoms with Crippen LogP contribution in [0.2, 0.25) is 0 Å². The molecule has 1 fully saturated rings. The smallest absolute Gasteiger partial charge is 0.255 e. The summed E-state index contributed by atoms with van der Waals surface area (Å²) < 4.78 is 27.9. The maximum atomic E-state index is 15.7. The van der Waals surface area contributed by atoms with E-state index in [0.717, 1.165) is 18.7 Å². The number of ether oxygens (including phenoxy) is 2. The number of phenols is 1. The van der Waals surface area contributed by atoms with Gasteiger partial charge in [0.1, 0.15) is 36.4 Å². The largest absolute Gasteiger partial charge is 0.508 e.